The van der Waals surface area contributed by atoms with Crippen LogP contribution in [0.1, 0.15) is 19.4 Å². The van der Waals surface area contributed by atoms with E-state index in [1.54, 1.807) is 0 Å². The molecule has 25 heavy (non-hydrogen) atoms. The molecule has 2 N–H and O–H groups in total. The van der Waals surface area contributed by atoms with Gasteiger partial charge in [0.15, 0.2) is 5.96 Å². The monoisotopic (exact) mass is 480 g/mol. The summed E-state index contributed by atoms with van der Waals surface area (Å²) in [7, 11) is 0. The Morgan fingerprint density at radius 2 is 2.00 bits per heavy atom. The lowest BCUT2D eigenvalue weighted by Gasteiger charge is -2.29. The maximum atomic E-state index is 6.19. The summed E-state index contributed by atoms with van der Waals surface area (Å²) in [5, 5.41) is 7.49. The van der Waals surface area contributed by atoms with E-state index < -0.39 is 0 Å². The lowest BCUT2D eigenvalue weighted by molar-refractivity contribution is 0.0320. The van der Waals surface area contributed by atoms with Gasteiger partial charge in [0.1, 0.15) is 0 Å². The van der Waals surface area contributed by atoms with Gasteiger partial charge in [0.2, 0.25) is 0 Å². The van der Waals surface area contributed by atoms with Crippen LogP contribution in [0.25, 0.3) is 0 Å². The molecule has 2 rings (SSSR count). The Kier molecular flexibility index (Phi) is 11.4. The molecule has 1 aromatic carbocycles. The van der Waals surface area contributed by atoms with Crippen molar-refractivity contribution in [1.29, 1.82) is 0 Å². The van der Waals surface area contributed by atoms with Crippen molar-refractivity contribution in [2.75, 3.05) is 45.9 Å². The number of nitrogens with one attached hydrogen (secondary N) is 2. The number of aliphatic imine (C=N–C) groups is 1. The van der Waals surface area contributed by atoms with E-state index in [-0.39, 0.29) is 24.0 Å². The van der Waals surface area contributed by atoms with Gasteiger partial charge in [-0.25, -0.2) is 4.99 Å². The van der Waals surface area contributed by atoms with Gasteiger partial charge in [-0.05, 0) is 24.5 Å². The van der Waals surface area contributed by atoms with E-state index in [9.17, 15) is 0 Å². The summed E-state index contributed by atoms with van der Waals surface area (Å²) in [6.45, 7) is 11.5. The standard InChI is InChI=1S/C18H29ClN4O.HI/c1-3-20-18(22-13-16-6-4-5-7-17(16)19)21-12-15(2)14-23-8-10-24-11-9-23;/h4-7,15H,3,8-14H2,1-2H3,(H2,20,21,22);1H. The van der Waals surface area contributed by atoms with Gasteiger partial charge < -0.3 is 15.4 Å². The number of halogens is 2. The second-order valence-corrected chi connectivity index (χ2v) is 6.59. The summed E-state index contributed by atoms with van der Waals surface area (Å²) in [4.78, 5) is 7.10. The zero-order chi connectivity index (χ0) is 17.2. The summed E-state index contributed by atoms with van der Waals surface area (Å²) in [5.41, 5.74) is 1.04. The first-order valence-corrected chi connectivity index (χ1v) is 9.12. The third-order valence-electron chi connectivity index (χ3n) is 4.00. The molecule has 0 spiro atoms. The highest BCUT2D eigenvalue weighted by molar-refractivity contribution is 14.0. The van der Waals surface area contributed by atoms with Gasteiger partial charge in [0, 0.05) is 37.7 Å². The number of benzene rings is 1. The van der Waals surface area contributed by atoms with Crippen molar-refractivity contribution < 1.29 is 4.74 Å². The summed E-state index contributed by atoms with van der Waals surface area (Å²) in [6, 6.07) is 7.83. The predicted octanol–water partition coefficient (Wildman–Crippen LogP) is 2.98. The Morgan fingerprint density at radius 1 is 1.28 bits per heavy atom. The highest BCUT2D eigenvalue weighted by Crippen LogP contribution is 2.15. The van der Waals surface area contributed by atoms with Gasteiger partial charge >= 0.3 is 0 Å². The van der Waals surface area contributed by atoms with Crippen LogP contribution in [0.3, 0.4) is 0 Å². The number of ether oxygens (including phenoxy) is 1. The number of nitrogens with zero attached hydrogens (tertiary/aromatic N) is 2. The van der Waals surface area contributed by atoms with Crippen LogP contribution in [0.15, 0.2) is 29.3 Å². The smallest absolute Gasteiger partial charge is 0.191 e. The van der Waals surface area contributed by atoms with Crippen LogP contribution in [-0.2, 0) is 11.3 Å². The third kappa shape index (κ3) is 8.57. The zero-order valence-corrected chi connectivity index (χ0v) is 18.2. The predicted molar refractivity (Wildman–Crippen MR) is 116 cm³/mol. The number of hydrogen-bond donors (Lipinski definition) is 2. The first kappa shape index (κ1) is 22.5. The third-order valence-corrected chi connectivity index (χ3v) is 4.37. The Balaban J connectivity index is 0.00000312. The fourth-order valence-corrected chi connectivity index (χ4v) is 2.89. The van der Waals surface area contributed by atoms with E-state index in [0.29, 0.717) is 12.5 Å². The minimum absolute atomic E-state index is 0. The maximum absolute atomic E-state index is 6.19. The zero-order valence-electron chi connectivity index (χ0n) is 15.1. The van der Waals surface area contributed by atoms with Crippen LogP contribution in [0.5, 0.6) is 0 Å². The molecule has 1 aromatic rings. The average Bonchev–Trinajstić information content (AvgIpc) is 2.59. The van der Waals surface area contributed by atoms with Gasteiger partial charge in [-0.1, -0.05) is 36.7 Å². The minimum atomic E-state index is 0. The van der Waals surface area contributed by atoms with E-state index in [0.717, 1.165) is 62.5 Å². The van der Waals surface area contributed by atoms with Gasteiger partial charge in [-0.3, -0.25) is 4.90 Å². The van der Waals surface area contributed by atoms with Crippen molar-refractivity contribution in [3.63, 3.8) is 0 Å². The lowest BCUT2D eigenvalue weighted by atomic mass is 10.1. The lowest BCUT2D eigenvalue weighted by Crippen LogP contribution is -2.44. The van der Waals surface area contributed by atoms with Gasteiger partial charge in [-0.15, -0.1) is 24.0 Å². The van der Waals surface area contributed by atoms with Crippen LogP contribution >= 0.6 is 35.6 Å². The van der Waals surface area contributed by atoms with E-state index in [1.807, 2.05) is 24.3 Å². The molecule has 1 atom stereocenters. The Hall–Kier alpha value is -0.570. The molecule has 0 saturated carbocycles. The van der Waals surface area contributed by atoms with E-state index >= 15 is 0 Å². The van der Waals surface area contributed by atoms with Crippen molar-refractivity contribution >= 4 is 41.5 Å². The highest BCUT2D eigenvalue weighted by atomic mass is 127. The van der Waals surface area contributed by atoms with Gasteiger partial charge in [0.05, 0.1) is 19.8 Å². The number of morpholine rings is 1. The largest absolute Gasteiger partial charge is 0.379 e. The number of guanidine groups is 1. The molecular weight excluding hydrogens is 451 g/mol. The van der Waals surface area contributed by atoms with Gasteiger partial charge in [-0.2, -0.15) is 0 Å². The molecule has 1 unspecified atom stereocenters. The highest BCUT2D eigenvalue weighted by Gasteiger charge is 2.13. The Labute approximate surface area is 173 Å². The summed E-state index contributed by atoms with van der Waals surface area (Å²) >= 11 is 6.19. The number of rotatable bonds is 7. The van der Waals surface area contributed by atoms with Crippen molar-refractivity contribution in [1.82, 2.24) is 15.5 Å². The molecular formula is C18H30ClIN4O. The van der Waals surface area contributed by atoms with Gasteiger partial charge in [0.25, 0.3) is 0 Å². The quantitative estimate of drug-likeness (QED) is 0.358. The van der Waals surface area contributed by atoms with Crippen LogP contribution in [0.4, 0.5) is 0 Å². The molecule has 1 fully saturated rings. The summed E-state index contributed by atoms with van der Waals surface area (Å²) < 4.78 is 5.40. The summed E-state index contributed by atoms with van der Waals surface area (Å²) in [5.74, 6) is 1.39. The fraction of sp³-hybridized carbons (Fsp3) is 0.611. The average molecular weight is 481 g/mol. The molecule has 1 saturated heterocycles. The van der Waals surface area contributed by atoms with Crippen LogP contribution in [0.2, 0.25) is 5.02 Å². The molecule has 0 bridgehead atoms. The van der Waals surface area contributed by atoms with Crippen LogP contribution < -0.4 is 10.6 Å². The Bertz CT molecular complexity index is 524. The normalized spacial score (nSPS) is 16.8. The molecule has 1 aliphatic rings. The van der Waals surface area contributed by atoms with Crippen LogP contribution in [-0.4, -0.2) is 56.8 Å². The van der Waals surface area contributed by atoms with E-state index in [1.165, 1.54) is 0 Å². The molecule has 7 heteroatoms. The maximum Gasteiger partial charge on any atom is 0.191 e. The first-order chi connectivity index (χ1) is 11.7. The van der Waals surface area contributed by atoms with E-state index in [2.05, 4.69) is 34.4 Å². The van der Waals surface area contributed by atoms with Crippen LogP contribution in [0, 0.1) is 5.92 Å². The molecule has 0 aromatic heterocycles. The van der Waals surface area contributed by atoms with E-state index in [4.69, 9.17) is 16.3 Å². The second-order valence-electron chi connectivity index (χ2n) is 6.19. The molecule has 0 amide bonds. The molecule has 0 radical (unpaired) electrons. The molecule has 1 heterocycles. The topological polar surface area (TPSA) is 48.9 Å². The molecule has 5 nitrogen and oxygen atoms in total. The summed E-state index contributed by atoms with van der Waals surface area (Å²) in [6.07, 6.45) is 0. The van der Waals surface area contributed by atoms with Crippen molar-refractivity contribution in [3.8, 4) is 0 Å². The minimum Gasteiger partial charge on any atom is -0.379 e. The molecule has 1 aliphatic heterocycles. The SMILES string of the molecule is CCNC(=NCc1ccccc1Cl)NCC(C)CN1CCOCC1.I. The fourth-order valence-electron chi connectivity index (χ4n) is 2.69. The Morgan fingerprint density at radius 3 is 2.68 bits per heavy atom. The number of hydrogen-bond acceptors (Lipinski definition) is 3. The van der Waals surface area contributed by atoms with Crippen molar-refractivity contribution in [2.45, 2.75) is 20.4 Å². The van der Waals surface area contributed by atoms with Crippen molar-refractivity contribution in [2.24, 2.45) is 10.9 Å². The van der Waals surface area contributed by atoms with Crippen molar-refractivity contribution in [3.05, 3.63) is 34.9 Å². The molecule has 142 valence electrons. The molecule has 0 aliphatic carbocycles. The first-order valence-electron chi connectivity index (χ1n) is 8.74. The second kappa shape index (κ2) is 12.7.